The number of ether oxygens (including phenoxy) is 1. The molecule has 144 valence electrons. The topological polar surface area (TPSA) is 43.4 Å². The lowest BCUT2D eigenvalue weighted by Gasteiger charge is -2.15. The van der Waals surface area contributed by atoms with E-state index in [1.165, 1.54) is 0 Å². The molecule has 0 aliphatic heterocycles. The number of benzene rings is 2. The Kier molecular flexibility index (Phi) is 8.87. The van der Waals surface area contributed by atoms with Crippen molar-refractivity contribution in [3.8, 4) is 0 Å². The summed E-state index contributed by atoms with van der Waals surface area (Å²) in [5.41, 5.74) is 1.75. The van der Waals surface area contributed by atoms with E-state index < -0.39 is 11.9 Å². The van der Waals surface area contributed by atoms with Gasteiger partial charge in [0.15, 0.2) is 0 Å². The van der Waals surface area contributed by atoms with Gasteiger partial charge in [-0.15, -0.1) is 0 Å². The second kappa shape index (κ2) is 9.70. The molecule has 2 rings (SSSR count). The predicted molar refractivity (Wildman–Crippen MR) is 134 cm³/mol. The lowest BCUT2D eigenvalue weighted by atomic mass is 10.1. The third-order valence-corrected chi connectivity index (χ3v) is 13.5. The van der Waals surface area contributed by atoms with E-state index in [1.807, 2.05) is 0 Å². The summed E-state index contributed by atoms with van der Waals surface area (Å²) in [7, 11) is 0. The number of hydrogen-bond donors (Lipinski definition) is 0. The maximum atomic E-state index is 12.8. The average Bonchev–Trinajstić information content (AvgIpc) is 2.61. The first kappa shape index (κ1) is 24.7. The van der Waals surface area contributed by atoms with Crippen LogP contribution >= 0.6 is 127 Å². The summed E-state index contributed by atoms with van der Waals surface area (Å²) >= 11 is 27.3. The molecule has 0 bridgehead atoms. The molecule has 0 atom stereocenters. The highest BCUT2D eigenvalue weighted by molar-refractivity contribution is 9.15. The number of halogens is 8. The van der Waals surface area contributed by atoms with E-state index >= 15 is 0 Å². The van der Waals surface area contributed by atoms with Crippen molar-refractivity contribution in [2.45, 2.75) is 13.8 Å². The molecule has 0 N–H and O–H groups in total. The second-order valence-electron chi connectivity index (χ2n) is 5.19. The van der Waals surface area contributed by atoms with E-state index in [4.69, 9.17) is 4.74 Å². The molecule has 0 aliphatic carbocycles. The first-order chi connectivity index (χ1) is 12.4. The molecule has 0 radical (unpaired) electrons. The van der Waals surface area contributed by atoms with Gasteiger partial charge < -0.3 is 4.74 Å². The molecule has 27 heavy (non-hydrogen) atoms. The summed E-state index contributed by atoms with van der Waals surface area (Å²) in [6.45, 7) is 3.50. The highest BCUT2D eigenvalue weighted by Crippen LogP contribution is 2.44. The molecule has 0 saturated carbocycles. The first-order valence-corrected chi connectivity index (χ1v) is 13.2. The molecular weight excluding hydrogens is 879 g/mol. The molecule has 0 fully saturated rings. The van der Waals surface area contributed by atoms with Gasteiger partial charge in [0.05, 0.1) is 11.1 Å². The molecule has 0 spiro atoms. The minimum absolute atomic E-state index is 0.245. The molecule has 3 nitrogen and oxygen atoms in total. The monoisotopic (exact) mass is 877 g/mol. The van der Waals surface area contributed by atoms with E-state index in [2.05, 4.69) is 127 Å². The van der Waals surface area contributed by atoms with Crippen molar-refractivity contribution in [3.63, 3.8) is 0 Å². The highest BCUT2D eigenvalue weighted by Gasteiger charge is 2.28. The van der Waals surface area contributed by atoms with Gasteiger partial charge in [-0.2, -0.15) is 0 Å². The largest absolute Gasteiger partial charge is 0.386 e. The third kappa shape index (κ3) is 4.70. The van der Waals surface area contributed by atoms with Crippen LogP contribution in [0.5, 0.6) is 0 Å². The SMILES string of the molecule is Cc1c(Br)c(Br)c(Br)c(Br)c1C(=O)OC(=O)c1c(C)c(Br)c(Br)c(Br)c1Br. The average molecular weight is 885 g/mol. The van der Waals surface area contributed by atoms with E-state index in [0.717, 1.165) is 8.95 Å². The fourth-order valence-corrected chi connectivity index (χ4v) is 7.11. The van der Waals surface area contributed by atoms with Gasteiger partial charge >= 0.3 is 11.9 Å². The zero-order valence-electron chi connectivity index (χ0n) is 13.2. The fourth-order valence-electron chi connectivity index (χ4n) is 2.15. The van der Waals surface area contributed by atoms with Crippen molar-refractivity contribution >= 4 is 139 Å². The quantitative estimate of drug-likeness (QED) is 0.131. The standard InChI is InChI=1S/C16H6Br8O3/c1-3-5(9(19)13(23)11(21)7(3)17)15(25)27-16(26)6-4(2)8(18)12(22)14(24)10(6)20/h1-2H3. The molecule has 11 heteroatoms. The minimum atomic E-state index is -0.764. The summed E-state index contributed by atoms with van der Waals surface area (Å²) in [5.74, 6) is -1.53. The summed E-state index contributed by atoms with van der Waals surface area (Å²) in [6, 6.07) is 0. The third-order valence-electron chi connectivity index (χ3n) is 3.60. The Morgan fingerprint density at radius 3 is 1.07 bits per heavy atom. The van der Waals surface area contributed by atoms with Crippen LogP contribution in [-0.2, 0) is 4.74 Å². The van der Waals surface area contributed by atoms with Gasteiger partial charge in [0, 0.05) is 35.8 Å². The Morgan fingerprint density at radius 1 is 0.519 bits per heavy atom. The zero-order valence-corrected chi connectivity index (χ0v) is 25.9. The van der Waals surface area contributed by atoms with E-state index in [-0.39, 0.29) is 11.1 Å². The maximum Gasteiger partial charge on any atom is 0.347 e. The van der Waals surface area contributed by atoms with Crippen LogP contribution in [0.2, 0.25) is 0 Å². The molecule has 2 aromatic carbocycles. The first-order valence-electron chi connectivity index (χ1n) is 6.83. The van der Waals surface area contributed by atoms with Gasteiger partial charge in [0.1, 0.15) is 0 Å². The van der Waals surface area contributed by atoms with Crippen LogP contribution in [-0.4, -0.2) is 11.9 Å². The van der Waals surface area contributed by atoms with Crippen LogP contribution in [0.3, 0.4) is 0 Å². The Hall–Kier alpha value is 1.42. The maximum absolute atomic E-state index is 12.8. The van der Waals surface area contributed by atoms with Crippen LogP contribution in [0, 0.1) is 13.8 Å². The van der Waals surface area contributed by atoms with Crippen molar-refractivity contribution in [1.29, 1.82) is 0 Å². The Bertz CT molecular complexity index is 863. The highest BCUT2D eigenvalue weighted by atomic mass is 79.9. The molecule has 0 unspecified atom stereocenters. The lowest BCUT2D eigenvalue weighted by Crippen LogP contribution is -2.17. The van der Waals surface area contributed by atoms with Crippen LogP contribution in [0.1, 0.15) is 31.8 Å². The smallest absolute Gasteiger partial charge is 0.347 e. The summed E-state index contributed by atoms with van der Waals surface area (Å²) in [4.78, 5) is 25.5. The van der Waals surface area contributed by atoms with E-state index in [0.29, 0.717) is 38.0 Å². The number of carbonyl (C=O) groups is 2. The van der Waals surface area contributed by atoms with Crippen molar-refractivity contribution in [2.24, 2.45) is 0 Å². The summed E-state index contributed by atoms with van der Waals surface area (Å²) in [5, 5.41) is 0. The molecule has 0 saturated heterocycles. The van der Waals surface area contributed by atoms with Gasteiger partial charge in [-0.25, -0.2) is 9.59 Å². The number of hydrogen-bond acceptors (Lipinski definition) is 3. The molecule has 0 amide bonds. The van der Waals surface area contributed by atoms with Gasteiger partial charge in [0.25, 0.3) is 0 Å². The summed E-state index contributed by atoms with van der Waals surface area (Å²) < 4.78 is 10.3. The normalized spacial score (nSPS) is 10.9. The Morgan fingerprint density at radius 2 is 0.778 bits per heavy atom. The van der Waals surface area contributed by atoms with Crippen molar-refractivity contribution < 1.29 is 14.3 Å². The molecule has 0 aromatic heterocycles. The van der Waals surface area contributed by atoms with Gasteiger partial charge in [-0.3, -0.25) is 0 Å². The Labute approximate surface area is 222 Å². The predicted octanol–water partition coefficient (Wildman–Crippen LogP) is 9.40. The molecular formula is C16H6Br8O3. The van der Waals surface area contributed by atoms with Gasteiger partial charge in [-0.05, 0) is 152 Å². The van der Waals surface area contributed by atoms with E-state index in [9.17, 15) is 9.59 Å². The van der Waals surface area contributed by atoms with E-state index in [1.54, 1.807) is 13.8 Å². The van der Waals surface area contributed by atoms with Gasteiger partial charge in [-0.1, -0.05) is 0 Å². The fraction of sp³-hybridized carbons (Fsp3) is 0.125. The van der Waals surface area contributed by atoms with Crippen molar-refractivity contribution in [2.75, 3.05) is 0 Å². The summed E-state index contributed by atoms with van der Waals surface area (Å²) in [6.07, 6.45) is 0. The van der Waals surface area contributed by atoms with Crippen LogP contribution in [0.4, 0.5) is 0 Å². The van der Waals surface area contributed by atoms with Gasteiger partial charge in [0.2, 0.25) is 0 Å². The van der Waals surface area contributed by atoms with Crippen molar-refractivity contribution in [3.05, 3.63) is 58.0 Å². The van der Waals surface area contributed by atoms with Crippen LogP contribution < -0.4 is 0 Å². The minimum Gasteiger partial charge on any atom is -0.386 e. The number of carbonyl (C=O) groups excluding carboxylic acids is 2. The number of esters is 2. The zero-order chi connectivity index (χ0) is 20.8. The second-order valence-corrected chi connectivity index (χ2v) is 11.5. The molecule has 0 aliphatic rings. The Balaban J connectivity index is 2.52. The lowest BCUT2D eigenvalue weighted by molar-refractivity contribution is 0.0395. The molecule has 2 aromatic rings. The number of rotatable bonds is 2. The van der Waals surface area contributed by atoms with Crippen molar-refractivity contribution in [1.82, 2.24) is 0 Å². The van der Waals surface area contributed by atoms with Crippen LogP contribution in [0.15, 0.2) is 35.8 Å². The molecule has 0 heterocycles. The van der Waals surface area contributed by atoms with Crippen LogP contribution in [0.25, 0.3) is 0 Å².